The molecule has 0 N–H and O–H groups in total. The molecule has 2 aromatic heterocycles. The molecule has 0 aliphatic rings. The maximum Gasteiger partial charge on any atom is 0.302 e. The SMILES string of the molecule is CCCN(CCOC(C)=O)C(=O)Cc1c(-c2ccc(C)cc2)nc2ccc(C)nn12. The zero-order valence-corrected chi connectivity index (χ0v) is 18.0. The summed E-state index contributed by atoms with van der Waals surface area (Å²) in [6, 6.07) is 11.9. The summed E-state index contributed by atoms with van der Waals surface area (Å²) >= 11 is 0. The van der Waals surface area contributed by atoms with E-state index >= 15 is 0 Å². The van der Waals surface area contributed by atoms with Crippen LogP contribution in [0.2, 0.25) is 0 Å². The van der Waals surface area contributed by atoms with Crippen LogP contribution in [0.3, 0.4) is 0 Å². The van der Waals surface area contributed by atoms with Crippen LogP contribution < -0.4 is 0 Å². The van der Waals surface area contributed by atoms with E-state index < -0.39 is 0 Å². The molecule has 1 aromatic carbocycles. The van der Waals surface area contributed by atoms with Crippen molar-refractivity contribution in [3.63, 3.8) is 0 Å². The summed E-state index contributed by atoms with van der Waals surface area (Å²) in [6.07, 6.45) is 0.988. The molecule has 3 rings (SSSR count). The highest BCUT2D eigenvalue weighted by Gasteiger charge is 2.21. The van der Waals surface area contributed by atoms with E-state index in [9.17, 15) is 9.59 Å². The van der Waals surface area contributed by atoms with E-state index in [0.29, 0.717) is 18.7 Å². The van der Waals surface area contributed by atoms with Crippen molar-refractivity contribution >= 4 is 17.5 Å². The molecule has 0 radical (unpaired) electrons. The number of carbonyl (C=O) groups excluding carboxylic acids is 2. The first-order chi connectivity index (χ1) is 14.4. The van der Waals surface area contributed by atoms with Gasteiger partial charge in [0.2, 0.25) is 5.91 Å². The maximum absolute atomic E-state index is 13.2. The van der Waals surface area contributed by atoms with Gasteiger partial charge in [-0.2, -0.15) is 5.10 Å². The first-order valence-corrected chi connectivity index (χ1v) is 10.2. The van der Waals surface area contributed by atoms with E-state index in [1.54, 1.807) is 9.42 Å². The van der Waals surface area contributed by atoms with Gasteiger partial charge in [0.15, 0.2) is 5.65 Å². The standard InChI is InChI=1S/C23H28N4O3/c1-5-12-26(13-14-30-18(4)28)22(29)15-20-23(19-9-6-16(2)7-10-19)24-21-11-8-17(3)25-27(20)21/h6-11H,5,12-15H2,1-4H3. The predicted molar refractivity (Wildman–Crippen MR) is 115 cm³/mol. The van der Waals surface area contributed by atoms with Gasteiger partial charge in [0.25, 0.3) is 0 Å². The van der Waals surface area contributed by atoms with Gasteiger partial charge < -0.3 is 9.64 Å². The van der Waals surface area contributed by atoms with Crippen molar-refractivity contribution in [2.24, 2.45) is 0 Å². The molecule has 0 bridgehead atoms. The third-order valence-electron chi connectivity index (χ3n) is 4.86. The van der Waals surface area contributed by atoms with Crippen molar-refractivity contribution in [3.05, 3.63) is 53.3 Å². The van der Waals surface area contributed by atoms with Crippen LogP contribution in [0.5, 0.6) is 0 Å². The van der Waals surface area contributed by atoms with Gasteiger partial charge >= 0.3 is 5.97 Å². The molecule has 7 heteroatoms. The number of imidazole rings is 1. The Hall–Kier alpha value is -3.22. The van der Waals surface area contributed by atoms with Gasteiger partial charge in [-0.15, -0.1) is 0 Å². The first kappa shape index (κ1) is 21.5. The predicted octanol–water partition coefficient (Wildman–Crippen LogP) is 3.36. The van der Waals surface area contributed by atoms with Crippen LogP contribution in [0.4, 0.5) is 0 Å². The number of benzene rings is 1. The molecule has 0 saturated heterocycles. The molecule has 2 heterocycles. The Morgan fingerprint density at radius 1 is 1.07 bits per heavy atom. The van der Waals surface area contributed by atoms with Gasteiger partial charge in [0, 0.05) is 19.0 Å². The van der Waals surface area contributed by atoms with E-state index in [-0.39, 0.29) is 24.9 Å². The van der Waals surface area contributed by atoms with Gasteiger partial charge in [-0.05, 0) is 32.4 Å². The normalized spacial score (nSPS) is 10.9. The fraction of sp³-hybridized carbons (Fsp3) is 0.391. The molecule has 0 aliphatic carbocycles. The number of rotatable bonds is 8. The number of ether oxygens (including phenoxy) is 1. The highest BCUT2D eigenvalue weighted by Crippen LogP contribution is 2.25. The maximum atomic E-state index is 13.2. The Kier molecular flexibility index (Phi) is 6.82. The lowest BCUT2D eigenvalue weighted by atomic mass is 10.1. The summed E-state index contributed by atoms with van der Waals surface area (Å²) in [5.74, 6) is -0.385. The Morgan fingerprint density at radius 3 is 2.47 bits per heavy atom. The summed E-state index contributed by atoms with van der Waals surface area (Å²) in [5, 5.41) is 4.60. The van der Waals surface area contributed by atoms with Crippen LogP contribution in [0.25, 0.3) is 16.9 Å². The van der Waals surface area contributed by atoms with Crippen LogP contribution >= 0.6 is 0 Å². The zero-order chi connectivity index (χ0) is 21.7. The van der Waals surface area contributed by atoms with Crippen molar-refractivity contribution in [1.29, 1.82) is 0 Å². The van der Waals surface area contributed by atoms with Crippen molar-refractivity contribution in [2.45, 2.75) is 40.5 Å². The average Bonchev–Trinajstić information content (AvgIpc) is 3.05. The van der Waals surface area contributed by atoms with E-state index in [2.05, 4.69) is 5.10 Å². The minimum absolute atomic E-state index is 0.0394. The summed E-state index contributed by atoms with van der Waals surface area (Å²) in [4.78, 5) is 30.7. The number of hydrogen-bond acceptors (Lipinski definition) is 5. The fourth-order valence-electron chi connectivity index (χ4n) is 3.36. The number of carbonyl (C=O) groups is 2. The minimum Gasteiger partial charge on any atom is -0.464 e. The highest BCUT2D eigenvalue weighted by atomic mass is 16.5. The largest absolute Gasteiger partial charge is 0.464 e. The Bertz CT molecular complexity index is 1040. The van der Waals surface area contributed by atoms with Crippen LogP contribution in [0.1, 0.15) is 37.2 Å². The van der Waals surface area contributed by atoms with Crippen molar-refractivity contribution in [1.82, 2.24) is 19.5 Å². The topological polar surface area (TPSA) is 76.8 Å². The lowest BCUT2D eigenvalue weighted by Gasteiger charge is -2.22. The third-order valence-corrected chi connectivity index (χ3v) is 4.86. The minimum atomic E-state index is -0.345. The Morgan fingerprint density at radius 2 is 1.80 bits per heavy atom. The van der Waals surface area contributed by atoms with Crippen molar-refractivity contribution < 1.29 is 14.3 Å². The number of aryl methyl sites for hydroxylation is 2. The quantitative estimate of drug-likeness (QED) is 0.534. The number of amides is 1. The van der Waals surface area contributed by atoms with Crippen molar-refractivity contribution in [3.8, 4) is 11.3 Å². The molecular weight excluding hydrogens is 380 g/mol. The summed E-state index contributed by atoms with van der Waals surface area (Å²) in [7, 11) is 0. The van der Waals surface area contributed by atoms with E-state index in [1.807, 2.05) is 57.2 Å². The summed E-state index contributed by atoms with van der Waals surface area (Å²) in [6.45, 7) is 8.50. The summed E-state index contributed by atoms with van der Waals surface area (Å²) in [5.41, 5.74) is 5.20. The molecule has 30 heavy (non-hydrogen) atoms. The van der Waals surface area contributed by atoms with E-state index in [1.165, 1.54) is 6.92 Å². The third kappa shape index (κ3) is 5.03. The number of fused-ring (bicyclic) bond motifs is 1. The molecule has 158 valence electrons. The van der Waals surface area contributed by atoms with Gasteiger partial charge in [-0.3, -0.25) is 9.59 Å². The van der Waals surface area contributed by atoms with Crippen LogP contribution in [-0.2, 0) is 20.7 Å². The molecule has 7 nitrogen and oxygen atoms in total. The highest BCUT2D eigenvalue weighted by molar-refractivity contribution is 5.81. The number of esters is 1. The summed E-state index contributed by atoms with van der Waals surface area (Å²) < 4.78 is 6.79. The smallest absolute Gasteiger partial charge is 0.302 e. The van der Waals surface area contributed by atoms with E-state index in [0.717, 1.165) is 34.6 Å². The molecule has 3 aromatic rings. The second-order valence-corrected chi connectivity index (χ2v) is 7.42. The average molecular weight is 409 g/mol. The fourth-order valence-corrected chi connectivity index (χ4v) is 3.36. The molecule has 1 amide bonds. The van der Waals surface area contributed by atoms with E-state index in [4.69, 9.17) is 9.72 Å². The second-order valence-electron chi connectivity index (χ2n) is 7.42. The molecule has 0 fully saturated rings. The molecule has 0 atom stereocenters. The molecule has 0 saturated carbocycles. The van der Waals surface area contributed by atoms with Crippen LogP contribution in [-0.4, -0.2) is 51.1 Å². The van der Waals surface area contributed by atoms with Gasteiger partial charge in [-0.1, -0.05) is 36.8 Å². The number of hydrogen-bond donors (Lipinski definition) is 0. The molecular formula is C23H28N4O3. The lowest BCUT2D eigenvalue weighted by molar-refractivity contribution is -0.143. The first-order valence-electron chi connectivity index (χ1n) is 10.2. The van der Waals surface area contributed by atoms with Gasteiger partial charge in [0.05, 0.1) is 30.0 Å². The molecule has 0 unspecified atom stereocenters. The second kappa shape index (κ2) is 9.52. The number of aromatic nitrogens is 3. The van der Waals surface area contributed by atoms with Gasteiger partial charge in [-0.25, -0.2) is 9.50 Å². The zero-order valence-electron chi connectivity index (χ0n) is 18.0. The molecule has 0 spiro atoms. The molecule has 0 aliphatic heterocycles. The Labute approximate surface area is 176 Å². The van der Waals surface area contributed by atoms with Crippen molar-refractivity contribution in [2.75, 3.05) is 19.7 Å². The van der Waals surface area contributed by atoms with Gasteiger partial charge in [0.1, 0.15) is 6.61 Å². The monoisotopic (exact) mass is 408 g/mol. The lowest BCUT2D eigenvalue weighted by Crippen LogP contribution is -2.36. The Balaban J connectivity index is 1.95. The van der Waals surface area contributed by atoms with Crippen LogP contribution in [0, 0.1) is 13.8 Å². The van der Waals surface area contributed by atoms with Crippen LogP contribution in [0.15, 0.2) is 36.4 Å². The number of nitrogens with zero attached hydrogens (tertiary/aromatic N) is 4.